The van der Waals surface area contributed by atoms with Gasteiger partial charge < -0.3 is 20.1 Å². The average molecular weight is 305 g/mol. The number of nitrogens with zero attached hydrogens (tertiary/aromatic N) is 1. The molecule has 22 heavy (non-hydrogen) atoms. The molecule has 0 radical (unpaired) electrons. The van der Waals surface area contributed by atoms with Crippen molar-refractivity contribution in [2.24, 2.45) is 4.99 Å². The van der Waals surface area contributed by atoms with Crippen LogP contribution in [-0.4, -0.2) is 38.9 Å². The van der Waals surface area contributed by atoms with Crippen LogP contribution in [0, 0.1) is 6.92 Å². The topological polar surface area (TPSA) is 54.9 Å². The maximum Gasteiger partial charge on any atom is 0.191 e. The predicted octanol–water partition coefficient (Wildman–Crippen LogP) is 2.24. The van der Waals surface area contributed by atoms with Gasteiger partial charge in [0.1, 0.15) is 11.9 Å². The van der Waals surface area contributed by atoms with E-state index in [1.807, 2.05) is 0 Å². The molecule has 0 aliphatic carbocycles. The summed E-state index contributed by atoms with van der Waals surface area (Å²) in [5.41, 5.74) is 2.34. The van der Waals surface area contributed by atoms with Crippen molar-refractivity contribution in [1.29, 1.82) is 0 Å². The van der Waals surface area contributed by atoms with E-state index in [-0.39, 0.29) is 6.10 Å². The molecule has 1 aliphatic heterocycles. The highest BCUT2D eigenvalue weighted by molar-refractivity contribution is 5.79. The monoisotopic (exact) mass is 305 g/mol. The molecule has 1 atom stereocenters. The maximum atomic E-state index is 6.11. The van der Waals surface area contributed by atoms with Gasteiger partial charge in [-0.25, -0.2) is 0 Å². The Kier molecular flexibility index (Phi) is 6.52. The second-order valence-corrected chi connectivity index (χ2v) is 5.57. The summed E-state index contributed by atoms with van der Waals surface area (Å²) in [4.78, 5) is 4.22. The van der Waals surface area contributed by atoms with Crippen LogP contribution >= 0.6 is 0 Å². The second kappa shape index (κ2) is 8.63. The fourth-order valence-corrected chi connectivity index (χ4v) is 2.35. The van der Waals surface area contributed by atoms with Crippen molar-refractivity contribution in [1.82, 2.24) is 10.6 Å². The van der Waals surface area contributed by atoms with Crippen LogP contribution in [0.5, 0.6) is 5.75 Å². The van der Waals surface area contributed by atoms with Gasteiger partial charge in [-0.1, -0.05) is 19.1 Å². The number of hydrogen-bond donors (Lipinski definition) is 2. The molecule has 1 heterocycles. The Morgan fingerprint density at radius 1 is 1.41 bits per heavy atom. The molecule has 5 heteroatoms. The number of benzene rings is 1. The largest absolute Gasteiger partial charge is 0.488 e. The van der Waals surface area contributed by atoms with E-state index in [0.29, 0.717) is 13.2 Å². The lowest BCUT2D eigenvalue weighted by molar-refractivity contribution is 0.140. The van der Waals surface area contributed by atoms with Crippen LogP contribution in [0.1, 0.15) is 30.9 Å². The summed E-state index contributed by atoms with van der Waals surface area (Å²) in [6, 6.07) is 6.31. The molecule has 1 saturated heterocycles. The van der Waals surface area contributed by atoms with Gasteiger partial charge in [-0.3, -0.25) is 4.99 Å². The summed E-state index contributed by atoms with van der Waals surface area (Å²) >= 11 is 0. The number of ether oxygens (including phenoxy) is 2. The third kappa shape index (κ3) is 4.91. The van der Waals surface area contributed by atoms with Crippen LogP contribution in [0.4, 0.5) is 0 Å². The van der Waals surface area contributed by atoms with Crippen molar-refractivity contribution < 1.29 is 9.47 Å². The maximum absolute atomic E-state index is 6.11. The molecule has 5 nitrogen and oxygen atoms in total. The minimum Gasteiger partial charge on any atom is -0.488 e. The van der Waals surface area contributed by atoms with Gasteiger partial charge in [0, 0.05) is 32.1 Å². The molecule has 2 rings (SSSR count). The smallest absolute Gasteiger partial charge is 0.191 e. The summed E-state index contributed by atoms with van der Waals surface area (Å²) < 4.78 is 11.5. The SMILES string of the molecule is CCCNC(=NC)NCc1ccc(C)cc1OC1CCOC1. The van der Waals surface area contributed by atoms with Crippen LogP contribution in [0.3, 0.4) is 0 Å². The van der Waals surface area contributed by atoms with Crippen LogP contribution in [0.15, 0.2) is 23.2 Å². The fraction of sp³-hybridized carbons (Fsp3) is 0.588. The van der Waals surface area contributed by atoms with Gasteiger partial charge in [0.2, 0.25) is 0 Å². The molecule has 122 valence electrons. The molecule has 0 bridgehead atoms. The molecule has 1 unspecified atom stereocenters. The van der Waals surface area contributed by atoms with Crippen LogP contribution in [0.2, 0.25) is 0 Å². The Morgan fingerprint density at radius 3 is 2.95 bits per heavy atom. The number of nitrogens with one attached hydrogen (secondary N) is 2. The minimum absolute atomic E-state index is 0.165. The zero-order chi connectivity index (χ0) is 15.8. The standard InChI is InChI=1S/C17H27N3O2/c1-4-8-19-17(18-3)20-11-14-6-5-13(2)10-16(14)22-15-7-9-21-12-15/h5-6,10,15H,4,7-9,11-12H2,1-3H3,(H2,18,19,20). The van der Waals surface area contributed by atoms with E-state index in [9.17, 15) is 0 Å². The number of rotatable bonds is 6. The van der Waals surface area contributed by atoms with Gasteiger partial charge in [0.15, 0.2) is 5.96 Å². The summed E-state index contributed by atoms with van der Waals surface area (Å²) in [5, 5.41) is 6.60. The lowest BCUT2D eigenvalue weighted by Crippen LogP contribution is -2.37. The molecule has 1 aliphatic rings. The van der Waals surface area contributed by atoms with Gasteiger partial charge in [0.05, 0.1) is 13.2 Å². The molecule has 0 spiro atoms. The highest BCUT2D eigenvalue weighted by atomic mass is 16.5. The molecular formula is C17H27N3O2. The van der Waals surface area contributed by atoms with Gasteiger partial charge in [-0.05, 0) is 25.0 Å². The van der Waals surface area contributed by atoms with E-state index in [4.69, 9.17) is 9.47 Å². The van der Waals surface area contributed by atoms with Crippen molar-refractivity contribution in [2.75, 3.05) is 26.8 Å². The molecule has 1 aromatic rings. The molecule has 1 aromatic carbocycles. The summed E-state index contributed by atoms with van der Waals surface area (Å²) in [6.07, 6.45) is 2.19. The number of aliphatic imine (C=N–C) groups is 1. The lowest BCUT2D eigenvalue weighted by atomic mass is 10.1. The first-order valence-electron chi connectivity index (χ1n) is 8.01. The third-order valence-corrected chi connectivity index (χ3v) is 3.62. The predicted molar refractivity (Wildman–Crippen MR) is 89.5 cm³/mol. The van der Waals surface area contributed by atoms with Crippen molar-refractivity contribution in [3.8, 4) is 5.75 Å². The first-order valence-corrected chi connectivity index (χ1v) is 8.01. The quantitative estimate of drug-likeness (QED) is 0.625. The van der Waals surface area contributed by atoms with Crippen molar-refractivity contribution in [3.63, 3.8) is 0 Å². The average Bonchev–Trinajstić information content (AvgIpc) is 3.02. The number of aryl methyl sites for hydroxylation is 1. The molecule has 0 saturated carbocycles. The molecule has 2 N–H and O–H groups in total. The lowest BCUT2D eigenvalue weighted by Gasteiger charge is -2.18. The molecule has 0 aromatic heterocycles. The molecular weight excluding hydrogens is 278 g/mol. The van der Waals surface area contributed by atoms with Crippen molar-refractivity contribution in [2.45, 2.75) is 39.3 Å². The van der Waals surface area contributed by atoms with Crippen LogP contribution in [0.25, 0.3) is 0 Å². The second-order valence-electron chi connectivity index (χ2n) is 5.57. The number of guanidine groups is 1. The first kappa shape index (κ1) is 16.6. The van der Waals surface area contributed by atoms with Gasteiger partial charge in [-0.2, -0.15) is 0 Å². The highest BCUT2D eigenvalue weighted by Crippen LogP contribution is 2.23. The van der Waals surface area contributed by atoms with E-state index in [2.05, 4.69) is 47.7 Å². The molecule has 0 amide bonds. The third-order valence-electron chi connectivity index (χ3n) is 3.62. The summed E-state index contributed by atoms with van der Waals surface area (Å²) in [7, 11) is 1.79. The summed E-state index contributed by atoms with van der Waals surface area (Å²) in [5.74, 6) is 1.76. The van der Waals surface area contributed by atoms with Crippen molar-refractivity contribution in [3.05, 3.63) is 29.3 Å². The normalized spacial score (nSPS) is 18.3. The zero-order valence-electron chi connectivity index (χ0n) is 13.8. The van der Waals surface area contributed by atoms with Gasteiger partial charge >= 0.3 is 0 Å². The minimum atomic E-state index is 0.165. The number of hydrogen-bond acceptors (Lipinski definition) is 3. The van der Waals surface area contributed by atoms with E-state index in [1.54, 1.807) is 7.05 Å². The highest BCUT2D eigenvalue weighted by Gasteiger charge is 2.18. The van der Waals surface area contributed by atoms with Gasteiger partial charge in [0.25, 0.3) is 0 Å². The first-order chi connectivity index (χ1) is 10.7. The van der Waals surface area contributed by atoms with E-state index >= 15 is 0 Å². The summed E-state index contributed by atoms with van der Waals surface area (Å²) in [6.45, 7) is 7.29. The molecule has 1 fully saturated rings. The Labute approximate surface area is 133 Å². The van der Waals surface area contributed by atoms with Crippen LogP contribution in [-0.2, 0) is 11.3 Å². The Balaban J connectivity index is 1.99. The fourth-order valence-electron chi connectivity index (χ4n) is 2.35. The van der Waals surface area contributed by atoms with Gasteiger partial charge in [-0.15, -0.1) is 0 Å². The van der Waals surface area contributed by atoms with E-state index < -0.39 is 0 Å². The van der Waals surface area contributed by atoms with Crippen molar-refractivity contribution >= 4 is 5.96 Å². The van der Waals surface area contributed by atoms with E-state index in [0.717, 1.165) is 43.3 Å². The van der Waals surface area contributed by atoms with Crippen LogP contribution < -0.4 is 15.4 Å². The Bertz CT molecular complexity index is 497. The Morgan fingerprint density at radius 2 is 2.27 bits per heavy atom. The zero-order valence-corrected chi connectivity index (χ0v) is 13.8. The van der Waals surface area contributed by atoms with E-state index in [1.165, 1.54) is 5.56 Å². The Hall–Kier alpha value is -1.75.